The molecule has 25 heavy (non-hydrogen) atoms. The largest absolute Gasteiger partial charge is 0.365 e. The smallest absolute Gasteiger partial charge is 0.251 e. The molecule has 0 saturated heterocycles. The predicted octanol–water partition coefficient (Wildman–Crippen LogP) is 4.10. The number of hydrogen-bond acceptors (Lipinski definition) is 3. The highest BCUT2D eigenvalue weighted by Gasteiger charge is 2.28. The van der Waals surface area contributed by atoms with E-state index in [1.807, 2.05) is 37.3 Å². The van der Waals surface area contributed by atoms with Crippen molar-refractivity contribution >= 4 is 28.2 Å². The SMILES string of the molecule is CC[C@H](C(=O)Nc1sc2c(c1C(N)=O)CC[C@@H](C)C2)c1ccccc1. The summed E-state index contributed by atoms with van der Waals surface area (Å²) in [5.41, 5.74) is 8.17. The van der Waals surface area contributed by atoms with Crippen LogP contribution in [0.3, 0.4) is 0 Å². The molecule has 0 spiro atoms. The molecule has 1 aromatic carbocycles. The van der Waals surface area contributed by atoms with Gasteiger partial charge in [-0.25, -0.2) is 0 Å². The van der Waals surface area contributed by atoms with Crippen molar-refractivity contribution < 1.29 is 9.59 Å². The van der Waals surface area contributed by atoms with Gasteiger partial charge in [0, 0.05) is 4.88 Å². The van der Waals surface area contributed by atoms with Crippen LogP contribution in [0, 0.1) is 5.92 Å². The zero-order valence-electron chi connectivity index (χ0n) is 14.7. The van der Waals surface area contributed by atoms with Crippen molar-refractivity contribution in [3.05, 3.63) is 51.9 Å². The number of hydrogen-bond donors (Lipinski definition) is 2. The second kappa shape index (κ2) is 7.40. The first-order chi connectivity index (χ1) is 12.0. The minimum absolute atomic E-state index is 0.0807. The standard InChI is InChI=1S/C20H24N2O2S/c1-3-14(13-7-5-4-6-8-13)19(24)22-20-17(18(21)23)15-10-9-12(2)11-16(15)25-20/h4-8,12,14H,3,9-11H2,1-2H3,(H2,21,23)(H,22,24)/t12-,14+/m1/s1. The number of carbonyl (C=O) groups is 2. The Labute approximate surface area is 152 Å². The molecule has 1 aromatic heterocycles. The summed E-state index contributed by atoms with van der Waals surface area (Å²) in [5.74, 6) is -0.166. The van der Waals surface area contributed by atoms with E-state index in [1.54, 1.807) is 0 Å². The average Bonchev–Trinajstić information content (AvgIpc) is 2.93. The molecule has 2 aromatic rings. The second-order valence-corrected chi connectivity index (χ2v) is 7.89. The number of benzene rings is 1. The molecule has 0 bridgehead atoms. The first-order valence-electron chi connectivity index (χ1n) is 8.81. The van der Waals surface area contributed by atoms with E-state index in [0.717, 1.165) is 30.4 Å². The Morgan fingerprint density at radius 2 is 2.04 bits per heavy atom. The molecule has 0 unspecified atom stereocenters. The van der Waals surface area contributed by atoms with E-state index in [0.29, 0.717) is 22.9 Å². The fourth-order valence-electron chi connectivity index (χ4n) is 3.56. The lowest BCUT2D eigenvalue weighted by Crippen LogP contribution is -2.23. The molecule has 2 atom stereocenters. The summed E-state index contributed by atoms with van der Waals surface area (Å²) in [4.78, 5) is 26.0. The summed E-state index contributed by atoms with van der Waals surface area (Å²) >= 11 is 1.51. The number of nitrogens with two attached hydrogens (primary N) is 1. The Morgan fingerprint density at radius 1 is 1.32 bits per heavy atom. The van der Waals surface area contributed by atoms with Gasteiger partial charge in [0.05, 0.1) is 11.5 Å². The highest BCUT2D eigenvalue weighted by molar-refractivity contribution is 7.17. The lowest BCUT2D eigenvalue weighted by atomic mass is 9.88. The number of anilines is 1. The van der Waals surface area contributed by atoms with Crippen LogP contribution < -0.4 is 11.1 Å². The van der Waals surface area contributed by atoms with E-state index in [4.69, 9.17) is 5.73 Å². The molecule has 1 heterocycles. The molecule has 1 aliphatic carbocycles. The van der Waals surface area contributed by atoms with Crippen LogP contribution in [0.25, 0.3) is 0 Å². The summed E-state index contributed by atoms with van der Waals surface area (Å²) in [6.07, 6.45) is 3.56. The van der Waals surface area contributed by atoms with E-state index in [2.05, 4.69) is 12.2 Å². The van der Waals surface area contributed by atoms with Gasteiger partial charge < -0.3 is 11.1 Å². The molecule has 3 N–H and O–H groups in total. The zero-order chi connectivity index (χ0) is 18.0. The van der Waals surface area contributed by atoms with Crippen LogP contribution in [0.2, 0.25) is 0 Å². The monoisotopic (exact) mass is 356 g/mol. The maximum absolute atomic E-state index is 12.8. The lowest BCUT2D eigenvalue weighted by molar-refractivity contribution is -0.117. The molecule has 5 heteroatoms. The van der Waals surface area contributed by atoms with Gasteiger partial charge in [-0.1, -0.05) is 44.2 Å². The Hall–Kier alpha value is -2.14. The second-order valence-electron chi connectivity index (χ2n) is 6.78. The van der Waals surface area contributed by atoms with Gasteiger partial charge in [0.25, 0.3) is 5.91 Å². The van der Waals surface area contributed by atoms with Gasteiger partial charge in [0.2, 0.25) is 5.91 Å². The van der Waals surface area contributed by atoms with Gasteiger partial charge in [0.15, 0.2) is 0 Å². The van der Waals surface area contributed by atoms with Crippen molar-refractivity contribution in [3.8, 4) is 0 Å². The maximum Gasteiger partial charge on any atom is 0.251 e. The van der Waals surface area contributed by atoms with Crippen LogP contribution in [0.5, 0.6) is 0 Å². The average molecular weight is 356 g/mol. The van der Waals surface area contributed by atoms with Crippen LogP contribution in [-0.4, -0.2) is 11.8 Å². The molecule has 132 valence electrons. The first kappa shape index (κ1) is 17.7. The number of amides is 2. The molecule has 0 aliphatic heterocycles. The number of nitrogens with one attached hydrogen (secondary N) is 1. The minimum Gasteiger partial charge on any atom is -0.365 e. The van der Waals surface area contributed by atoms with Gasteiger partial charge in [-0.2, -0.15) is 0 Å². The van der Waals surface area contributed by atoms with Crippen LogP contribution in [0.4, 0.5) is 5.00 Å². The lowest BCUT2D eigenvalue weighted by Gasteiger charge is -2.18. The van der Waals surface area contributed by atoms with Crippen molar-refractivity contribution in [1.82, 2.24) is 0 Å². The quantitative estimate of drug-likeness (QED) is 0.846. The van der Waals surface area contributed by atoms with Gasteiger partial charge >= 0.3 is 0 Å². The zero-order valence-corrected chi connectivity index (χ0v) is 15.5. The van der Waals surface area contributed by atoms with Crippen molar-refractivity contribution in [2.45, 2.75) is 45.4 Å². The molecule has 0 radical (unpaired) electrons. The number of primary amides is 1. The highest BCUT2D eigenvalue weighted by atomic mass is 32.1. The Morgan fingerprint density at radius 3 is 2.68 bits per heavy atom. The third kappa shape index (κ3) is 3.61. The number of thiophene rings is 1. The first-order valence-corrected chi connectivity index (χ1v) is 9.63. The van der Waals surface area contributed by atoms with Crippen molar-refractivity contribution in [1.29, 1.82) is 0 Å². The van der Waals surface area contributed by atoms with E-state index < -0.39 is 5.91 Å². The Bertz CT molecular complexity index is 782. The number of fused-ring (bicyclic) bond motifs is 1. The van der Waals surface area contributed by atoms with Crippen LogP contribution in [0.15, 0.2) is 30.3 Å². The molecule has 2 amide bonds. The van der Waals surface area contributed by atoms with Crippen molar-refractivity contribution in [3.63, 3.8) is 0 Å². The highest BCUT2D eigenvalue weighted by Crippen LogP contribution is 2.40. The van der Waals surface area contributed by atoms with E-state index in [1.165, 1.54) is 16.2 Å². The molecule has 0 saturated carbocycles. The molecule has 1 aliphatic rings. The minimum atomic E-state index is -0.449. The maximum atomic E-state index is 12.8. The molecular formula is C20H24N2O2S. The third-order valence-electron chi connectivity index (χ3n) is 4.92. The summed E-state index contributed by atoms with van der Waals surface area (Å²) in [6, 6.07) is 9.73. The summed E-state index contributed by atoms with van der Waals surface area (Å²) in [7, 11) is 0. The summed E-state index contributed by atoms with van der Waals surface area (Å²) in [6.45, 7) is 4.21. The summed E-state index contributed by atoms with van der Waals surface area (Å²) < 4.78 is 0. The van der Waals surface area contributed by atoms with E-state index in [9.17, 15) is 9.59 Å². The van der Waals surface area contributed by atoms with Gasteiger partial charge in [-0.3, -0.25) is 9.59 Å². The molecular weight excluding hydrogens is 332 g/mol. The van der Waals surface area contributed by atoms with Crippen LogP contribution >= 0.6 is 11.3 Å². The fourth-order valence-corrected chi connectivity index (χ4v) is 4.98. The normalized spacial score (nSPS) is 17.6. The molecule has 4 nitrogen and oxygen atoms in total. The van der Waals surface area contributed by atoms with Crippen LogP contribution in [0.1, 0.15) is 59.0 Å². The van der Waals surface area contributed by atoms with Gasteiger partial charge in [-0.05, 0) is 42.7 Å². The third-order valence-corrected chi connectivity index (χ3v) is 6.09. The van der Waals surface area contributed by atoms with Crippen molar-refractivity contribution in [2.75, 3.05) is 5.32 Å². The summed E-state index contributed by atoms with van der Waals surface area (Å²) in [5, 5.41) is 3.61. The molecule has 3 rings (SSSR count). The van der Waals surface area contributed by atoms with Crippen molar-refractivity contribution in [2.24, 2.45) is 11.7 Å². The van der Waals surface area contributed by atoms with Gasteiger partial charge in [-0.15, -0.1) is 11.3 Å². The van der Waals surface area contributed by atoms with E-state index >= 15 is 0 Å². The number of carbonyl (C=O) groups excluding carboxylic acids is 2. The van der Waals surface area contributed by atoms with Crippen LogP contribution in [-0.2, 0) is 17.6 Å². The fraction of sp³-hybridized carbons (Fsp3) is 0.400. The van der Waals surface area contributed by atoms with Gasteiger partial charge in [0.1, 0.15) is 5.00 Å². The molecule has 0 fully saturated rings. The number of rotatable bonds is 5. The Kier molecular flexibility index (Phi) is 5.23. The van der Waals surface area contributed by atoms with E-state index in [-0.39, 0.29) is 11.8 Å². The topological polar surface area (TPSA) is 72.2 Å². The predicted molar refractivity (Wildman–Crippen MR) is 102 cm³/mol. The Balaban J connectivity index is 1.89.